The van der Waals surface area contributed by atoms with Crippen LogP contribution >= 0.6 is 11.6 Å². The molecule has 34 heavy (non-hydrogen) atoms. The van der Waals surface area contributed by atoms with Crippen LogP contribution in [0.4, 0.5) is 4.39 Å². The summed E-state index contributed by atoms with van der Waals surface area (Å²) in [4.78, 5) is 16.3. The second-order valence-corrected chi connectivity index (χ2v) is 8.58. The molecular weight excluding hydrogens is 453 g/mol. The van der Waals surface area contributed by atoms with Gasteiger partial charge in [0.25, 0.3) is 0 Å². The normalized spacial score (nSPS) is 14.4. The van der Waals surface area contributed by atoms with E-state index in [0.29, 0.717) is 27.2 Å². The first kappa shape index (κ1) is 22.0. The number of halogens is 2. The molecule has 1 aliphatic carbocycles. The van der Waals surface area contributed by atoms with Crippen LogP contribution in [0.5, 0.6) is 5.75 Å². The molecule has 0 atom stereocenters. The highest BCUT2D eigenvalue weighted by atomic mass is 35.5. The number of esters is 1. The van der Waals surface area contributed by atoms with Crippen LogP contribution in [0.1, 0.15) is 36.0 Å². The Hall–Kier alpha value is -3.77. The molecule has 2 aromatic carbocycles. The number of carbonyl (C=O) groups is 1. The van der Waals surface area contributed by atoms with Crippen LogP contribution in [-0.2, 0) is 4.79 Å². The molecule has 2 aromatic heterocycles. The van der Waals surface area contributed by atoms with Crippen LogP contribution in [-0.4, -0.2) is 21.2 Å². The van der Waals surface area contributed by atoms with Crippen LogP contribution in [0.2, 0.25) is 5.02 Å². The molecule has 1 saturated carbocycles. The lowest BCUT2D eigenvalue weighted by Crippen LogP contribution is -2.16. The molecule has 0 aliphatic heterocycles. The summed E-state index contributed by atoms with van der Waals surface area (Å²) in [5.41, 5.74) is 4.77. The van der Waals surface area contributed by atoms with E-state index in [0.717, 1.165) is 47.6 Å². The number of nitrogens with one attached hydrogen (secondary N) is 1. The Morgan fingerprint density at radius 1 is 1.18 bits per heavy atom. The SMILES string of the molecule is C=CC(=O)Oc1ccccc1/C(=C(/c1ccncc1Cl)C1CCC1)c1ccc2[nH]nc(F)c2c1. The maximum absolute atomic E-state index is 14.4. The summed E-state index contributed by atoms with van der Waals surface area (Å²) in [6, 6.07) is 14.7. The number of rotatable bonds is 6. The van der Waals surface area contributed by atoms with Crippen molar-refractivity contribution in [1.29, 1.82) is 0 Å². The summed E-state index contributed by atoms with van der Waals surface area (Å²) < 4.78 is 20.1. The first-order chi connectivity index (χ1) is 16.6. The predicted molar refractivity (Wildman–Crippen MR) is 131 cm³/mol. The Labute approximate surface area is 200 Å². The number of fused-ring (bicyclic) bond motifs is 1. The average molecular weight is 474 g/mol. The predicted octanol–water partition coefficient (Wildman–Crippen LogP) is 6.60. The van der Waals surface area contributed by atoms with Gasteiger partial charge in [-0.2, -0.15) is 4.39 Å². The molecule has 2 heterocycles. The summed E-state index contributed by atoms with van der Waals surface area (Å²) in [6.45, 7) is 3.51. The molecule has 4 aromatic rings. The zero-order valence-electron chi connectivity index (χ0n) is 18.2. The Bertz CT molecular complexity index is 1440. The van der Waals surface area contributed by atoms with Gasteiger partial charge in [-0.25, -0.2) is 4.79 Å². The van der Waals surface area contributed by atoms with Crippen molar-refractivity contribution in [2.45, 2.75) is 19.3 Å². The summed E-state index contributed by atoms with van der Waals surface area (Å²) in [5.74, 6) is -0.509. The third kappa shape index (κ3) is 4.01. The minimum atomic E-state index is -0.574. The smallest absolute Gasteiger partial charge is 0.335 e. The molecule has 0 saturated heterocycles. The van der Waals surface area contributed by atoms with Gasteiger partial charge in [0.1, 0.15) is 5.75 Å². The Morgan fingerprint density at radius 3 is 2.74 bits per heavy atom. The Morgan fingerprint density at radius 2 is 2.00 bits per heavy atom. The molecule has 5 rings (SSSR count). The zero-order valence-corrected chi connectivity index (χ0v) is 19.0. The number of nitrogens with zero attached hydrogens (tertiary/aromatic N) is 2. The van der Waals surface area contributed by atoms with E-state index in [2.05, 4.69) is 21.8 Å². The highest BCUT2D eigenvalue weighted by molar-refractivity contribution is 6.32. The second kappa shape index (κ2) is 9.23. The standard InChI is InChI=1S/C27H21ClFN3O2/c1-2-24(33)34-23-9-4-3-8-19(23)26(17-10-11-22-20(14-17)27(29)32-31-22)25(16-6-5-7-16)18-12-13-30-15-21(18)28/h2-4,8-16H,1,5-7H2,(H,31,32)/b26-25+. The first-order valence-electron chi connectivity index (χ1n) is 11.0. The van der Waals surface area contributed by atoms with Gasteiger partial charge in [-0.05, 0) is 59.7 Å². The number of aromatic nitrogens is 3. The highest BCUT2D eigenvalue weighted by Crippen LogP contribution is 2.48. The van der Waals surface area contributed by atoms with Gasteiger partial charge < -0.3 is 4.74 Å². The molecule has 5 nitrogen and oxygen atoms in total. The number of para-hydroxylation sites is 1. The summed E-state index contributed by atoms with van der Waals surface area (Å²) >= 11 is 6.64. The van der Waals surface area contributed by atoms with Crippen LogP contribution in [0.25, 0.3) is 22.0 Å². The Kier molecular flexibility index (Phi) is 5.99. The van der Waals surface area contributed by atoms with Gasteiger partial charge in [0, 0.05) is 29.6 Å². The number of benzene rings is 2. The summed E-state index contributed by atoms with van der Waals surface area (Å²) in [5, 5.41) is 7.31. The van der Waals surface area contributed by atoms with Crippen molar-refractivity contribution in [3.63, 3.8) is 0 Å². The molecule has 0 spiro atoms. The molecule has 0 unspecified atom stereocenters. The van der Waals surface area contributed by atoms with Gasteiger partial charge in [-0.3, -0.25) is 10.1 Å². The third-order valence-electron chi connectivity index (χ3n) is 6.18. The van der Waals surface area contributed by atoms with E-state index in [-0.39, 0.29) is 5.92 Å². The van der Waals surface area contributed by atoms with E-state index >= 15 is 0 Å². The number of allylic oxidation sites excluding steroid dienone is 1. The number of carbonyl (C=O) groups excluding carboxylic acids is 1. The molecular formula is C27H21ClFN3O2. The number of pyridine rings is 1. The molecule has 1 N–H and O–H groups in total. The first-order valence-corrected chi connectivity index (χ1v) is 11.4. The van der Waals surface area contributed by atoms with Crippen molar-refractivity contribution in [2.24, 2.45) is 5.92 Å². The van der Waals surface area contributed by atoms with Crippen molar-refractivity contribution >= 4 is 39.6 Å². The lowest BCUT2D eigenvalue weighted by Gasteiger charge is -2.32. The van der Waals surface area contributed by atoms with E-state index in [9.17, 15) is 9.18 Å². The quantitative estimate of drug-likeness (QED) is 0.194. The fraction of sp³-hybridized carbons (Fsp3) is 0.148. The van der Waals surface area contributed by atoms with E-state index < -0.39 is 11.9 Å². The van der Waals surface area contributed by atoms with Gasteiger partial charge in [0.05, 0.1) is 15.9 Å². The van der Waals surface area contributed by atoms with E-state index in [1.54, 1.807) is 36.7 Å². The maximum atomic E-state index is 14.4. The number of hydrogen-bond acceptors (Lipinski definition) is 4. The van der Waals surface area contributed by atoms with Crippen LogP contribution in [0, 0.1) is 11.9 Å². The summed E-state index contributed by atoms with van der Waals surface area (Å²) in [7, 11) is 0. The van der Waals surface area contributed by atoms with Crippen molar-refractivity contribution in [2.75, 3.05) is 0 Å². The number of aromatic amines is 1. The van der Waals surface area contributed by atoms with Gasteiger partial charge >= 0.3 is 5.97 Å². The fourth-order valence-electron chi connectivity index (χ4n) is 4.36. The van der Waals surface area contributed by atoms with Gasteiger partial charge in [0.15, 0.2) is 0 Å². The van der Waals surface area contributed by atoms with Crippen molar-refractivity contribution in [3.05, 3.63) is 101 Å². The Balaban J connectivity index is 1.85. The maximum Gasteiger partial charge on any atom is 0.335 e. The lowest BCUT2D eigenvalue weighted by atomic mass is 9.73. The zero-order chi connectivity index (χ0) is 23.7. The van der Waals surface area contributed by atoms with Crippen LogP contribution in [0.15, 0.2) is 73.6 Å². The molecule has 7 heteroatoms. The van der Waals surface area contributed by atoms with Crippen molar-refractivity contribution < 1.29 is 13.9 Å². The lowest BCUT2D eigenvalue weighted by molar-refractivity contribution is -0.128. The topological polar surface area (TPSA) is 67.9 Å². The van der Waals surface area contributed by atoms with Gasteiger partial charge in [-0.1, -0.05) is 48.9 Å². The third-order valence-corrected chi connectivity index (χ3v) is 6.49. The fourth-order valence-corrected chi connectivity index (χ4v) is 4.58. The molecule has 1 aliphatic rings. The van der Waals surface area contributed by atoms with E-state index in [1.165, 1.54) is 0 Å². The second-order valence-electron chi connectivity index (χ2n) is 8.17. The van der Waals surface area contributed by atoms with Crippen molar-refractivity contribution in [1.82, 2.24) is 15.2 Å². The van der Waals surface area contributed by atoms with Gasteiger partial charge in [-0.15, -0.1) is 5.10 Å². The average Bonchev–Trinajstić information content (AvgIpc) is 3.19. The number of H-pyrrole nitrogens is 1. The van der Waals surface area contributed by atoms with E-state index in [4.69, 9.17) is 16.3 Å². The van der Waals surface area contributed by atoms with E-state index in [1.807, 2.05) is 24.3 Å². The molecule has 0 radical (unpaired) electrons. The number of hydrogen-bond donors (Lipinski definition) is 1. The highest BCUT2D eigenvalue weighted by Gasteiger charge is 2.30. The summed E-state index contributed by atoms with van der Waals surface area (Å²) in [6.07, 6.45) is 7.55. The molecule has 0 amide bonds. The minimum Gasteiger partial charge on any atom is -0.423 e. The van der Waals surface area contributed by atoms with Gasteiger partial charge in [0.2, 0.25) is 5.95 Å². The molecule has 0 bridgehead atoms. The largest absolute Gasteiger partial charge is 0.423 e. The monoisotopic (exact) mass is 473 g/mol. The van der Waals surface area contributed by atoms with Crippen molar-refractivity contribution in [3.8, 4) is 5.75 Å². The molecule has 170 valence electrons. The van der Waals surface area contributed by atoms with Crippen LogP contribution < -0.4 is 4.74 Å². The molecule has 1 fully saturated rings. The van der Waals surface area contributed by atoms with Crippen LogP contribution in [0.3, 0.4) is 0 Å². The number of ether oxygens (including phenoxy) is 1. The minimum absolute atomic E-state index is 0.239.